The van der Waals surface area contributed by atoms with E-state index in [1.807, 2.05) is 12.2 Å². The van der Waals surface area contributed by atoms with Crippen LogP contribution in [0.15, 0.2) is 34.8 Å². The molecule has 1 aromatic carbocycles. The Morgan fingerprint density at radius 2 is 1.90 bits per heavy atom. The topological polar surface area (TPSA) is 69.2 Å². The van der Waals surface area contributed by atoms with Crippen molar-refractivity contribution < 1.29 is 14.7 Å². The summed E-state index contributed by atoms with van der Waals surface area (Å²) in [5.74, 6) is -2.88. The molecular weight excluding hydrogens is 358 g/mol. The number of aliphatic carboxylic acids is 1. The lowest BCUT2D eigenvalue weighted by Crippen LogP contribution is -2.42. The Kier molecular flexibility index (Phi) is 3.80. The molecule has 0 radical (unpaired) electrons. The van der Waals surface area contributed by atoms with E-state index in [9.17, 15) is 14.7 Å². The maximum absolute atomic E-state index is 12.4. The van der Waals surface area contributed by atoms with E-state index < -0.39 is 17.8 Å². The number of benzene rings is 1. The minimum atomic E-state index is -1.15. The molecule has 1 N–H and O–H groups in total. The van der Waals surface area contributed by atoms with E-state index in [0.29, 0.717) is 17.1 Å². The fourth-order valence-electron chi connectivity index (χ4n) is 3.30. The molecule has 1 fully saturated rings. The van der Waals surface area contributed by atoms with Crippen LogP contribution < -0.4 is 10.4 Å². The molecule has 2 aliphatic carbocycles. The largest absolute Gasteiger partial charge is 0.550 e. The lowest BCUT2D eigenvalue weighted by molar-refractivity contribution is -0.313. The number of rotatable bonds is 3. The quantitative estimate of drug-likeness (QED) is 0.831. The van der Waals surface area contributed by atoms with Crippen molar-refractivity contribution in [3.05, 3.63) is 39.8 Å². The number of hydrogen-bond acceptors (Lipinski definition) is 3. The zero-order valence-corrected chi connectivity index (χ0v) is 13.2. The first-order valence-electron chi connectivity index (χ1n) is 6.62. The first-order chi connectivity index (χ1) is 9.97. The molecule has 0 spiro atoms. The minimum Gasteiger partial charge on any atom is -0.550 e. The average Bonchev–Trinajstić information content (AvgIpc) is 3.03. The van der Waals surface area contributed by atoms with Crippen LogP contribution in [0.2, 0.25) is 5.02 Å². The minimum absolute atomic E-state index is 0.0242. The Bertz CT molecular complexity index is 646. The maximum Gasteiger partial charge on any atom is 0.228 e. The summed E-state index contributed by atoms with van der Waals surface area (Å²) in [6, 6.07) is 5.07. The van der Waals surface area contributed by atoms with Crippen LogP contribution in [0.25, 0.3) is 0 Å². The van der Waals surface area contributed by atoms with Crippen molar-refractivity contribution >= 4 is 45.1 Å². The van der Waals surface area contributed by atoms with Crippen LogP contribution in [0, 0.1) is 23.7 Å². The molecule has 4 nitrogen and oxygen atoms in total. The molecule has 1 amide bonds. The monoisotopic (exact) mass is 368 g/mol. The third-order valence-electron chi connectivity index (χ3n) is 4.22. The number of nitrogens with one attached hydrogen (secondary N) is 1. The molecule has 1 aromatic rings. The molecule has 2 bridgehead atoms. The van der Waals surface area contributed by atoms with E-state index in [4.69, 9.17) is 11.6 Å². The van der Waals surface area contributed by atoms with Gasteiger partial charge in [-0.3, -0.25) is 4.79 Å². The molecule has 3 rings (SSSR count). The van der Waals surface area contributed by atoms with Crippen molar-refractivity contribution in [1.82, 2.24) is 0 Å². The van der Waals surface area contributed by atoms with E-state index in [1.165, 1.54) is 0 Å². The first kappa shape index (κ1) is 14.6. The SMILES string of the molecule is O=C(Nc1ccc(Br)c(Cl)c1)[C@@H]1[C@@H](C(=O)[O-])[C@H]2C=C[C@@H]1C2. The third-order valence-corrected chi connectivity index (χ3v) is 5.45. The van der Waals surface area contributed by atoms with Crippen LogP contribution in [-0.4, -0.2) is 11.9 Å². The van der Waals surface area contributed by atoms with E-state index in [1.54, 1.807) is 18.2 Å². The lowest BCUT2D eigenvalue weighted by Gasteiger charge is -2.27. The van der Waals surface area contributed by atoms with Crippen molar-refractivity contribution in [1.29, 1.82) is 0 Å². The van der Waals surface area contributed by atoms with Crippen LogP contribution in [0.1, 0.15) is 6.42 Å². The van der Waals surface area contributed by atoms with Gasteiger partial charge >= 0.3 is 0 Å². The van der Waals surface area contributed by atoms with Gasteiger partial charge in [0.1, 0.15) is 0 Å². The predicted octanol–water partition coefficient (Wildman–Crippen LogP) is 2.23. The van der Waals surface area contributed by atoms with E-state index in [0.717, 1.165) is 4.47 Å². The molecule has 0 aliphatic heterocycles. The summed E-state index contributed by atoms with van der Waals surface area (Å²) in [4.78, 5) is 23.7. The molecular formula is C15H12BrClNO3-. The second kappa shape index (κ2) is 5.46. The third kappa shape index (κ3) is 2.60. The van der Waals surface area contributed by atoms with Crippen molar-refractivity contribution in [2.24, 2.45) is 23.7 Å². The molecule has 21 heavy (non-hydrogen) atoms. The van der Waals surface area contributed by atoms with E-state index >= 15 is 0 Å². The van der Waals surface area contributed by atoms with Crippen LogP contribution in [0.4, 0.5) is 5.69 Å². The fraction of sp³-hybridized carbons (Fsp3) is 0.333. The highest BCUT2D eigenvalue weighted by molar-refractivity contribution is 9.10. The van der Waals surface area contributed by atoms with Crippen molar-refractivity contribution in [3.8, 4) is 0 Å². The number of carboxylic acid groups (broad SMARTS) is 1. The van der Waals surface area contributed by atoms with Gasteiger partial charge in [-0.25, -0.2) is 0 Å². The van der Waals surface area contributed by atoms with Gasteiger partial charge in [-0.1, -0.05) is 23.8 Å². The van der Waals surface area contributed by atoms with Gasteiger partial charge in [0.25, 0.3) is 0 Å². The van der Waals surface area contributed by atoms with Gasteiger partial charge in [0, 0.05) is 22.0 Å². The first-order valence-corrected chi connectivity index (χ1v) is 7.79. The van der Waals surface area contributed by atoms with Gasteiger partial charge in [0.05, 0.1) is 10.9 Å². The summed E-state index contributed by atoms with van der Waals surface area (Å²) in [6.45, 7) is 0. The number of halogens is 2. The Morgan fingerprint density at radius 1 is 1.24 bits per heavy atom. The van der Waals surface area contributed by atoms with Gasteiger partial charge in [0.15, 0.2) is 0 Å². The average molecular weight is 370 g/mol. The van der Waals surface area contributed by atoms with Crippen molar-refractivity contribution in [3.63, 3.8) is 0 Å². The Labute approximate surface area is 135 Å². The Morgan fingerprint density at radius 3 is 2.52 bits per heavy atom. The fourth-order valence-corrected chi connectivity index (χ4v) is 3.73. The number of hydrogen-bond donors (Lipinski definition) is 1. The molecule has 2 aliphatic rings. The second-order valence-corrected chi connectivity index (χ2v) is 6.70. The normalized spacial score (nSPS) is 29.6. The molecule has 110 valence electrons. The summed E-state index contributed by atoms with van der Waals surface area (Å²) in [5.41, 5.74) is 0.553. The van der Waals surface area contributed by atoms with Crippen LogP contribution >= 0.6 is 27.5 Å². The summed E-state index contributed by atoms with van der Waals surface area (Å²) in [5, 5.41) is 14.5. The number of fused-ring (bicyclic) bond motifs is 2. The molecule has 0 unspecified atom stereocenters. The maximum atomic E-state index is 12.4. The highest BCUT2D eigenvalue weighted by Crippen LogP contribution is 2.48. The number of carbonyl (C=O) groups is 2. The molecule has 1 saturated carbocycles. The highest BCUT2D eigenvalue weighted by Gasteiger charge is 2.48. The second-order valence-electron chi connectivity index (χ2n) is 5.44. The standard InChI is InChI=1S/C15H13BrClNO3/c16-10-4-3-9(6-11(10)17)18-14(19)12-7-1-2-8(5-7)13(12)15(20)21/h1-4,6-8,12-13H,5H2,(H,18,19)(H,20,21)/p-1/t7-,8+,12+,13+/m1/s1. The van der Waals surface area contributed by atoms with Crippen LogP contribution in [0.5, 0.6) is 0 Å². The molecule has 0 heterocycles. The number of carbonyl (C=O) groups excluding carboxylic acids is 2. The van der Waals surface area contributed by atoms with Gasteiger partial charge in [-0.15, -0.1) is 0 Å². The van der Waals surface area contributed by atoms with E-state index in [-0.39, 0.29) is 17.7 Å². The molecule has 0 saturated heterocycles. The number of anilines is 1. The Hall–Kier alpha value is -1.33. The predicted molar refractivity (Wildman–Crippen MR) is 80.5 cm³/mol. The summed E-state index contributed by atoms with van der Waals surface area (Å²) < 4.78 is 0.734. The van der Waals surface area contributed by atoms with Crippen molar-refractivity contribution in [2.75, 3.05) is 5.32 Å². The smallest absolute Gasteiger partial charge is 0.228 e. The van der Waals surface area contributed by atoms with Gasteiger partial charge < -0.3 is 15.2 Å². The van der Waals surface area contributed by atoms with Crippen LogP contribution in [0.3, 0.4) is 0 Å². The lowest BCUT2D eigenvalue weighted by atomic mass is 9.82. The van der Waals surface area contributed by atoms with Gasteiger partial charge in [-0.05, 0) is 52.4 Å². The zero-order valence-electron chi connectivity index (χ0n) is 10.9. The molecule has 4 atom stereocenters. The molecule has 6 heteroatoms. The van der Waals surface area contributed by atoms with Gasteiger partial charge in [-0.2, -0.15) is 0 Å². The summed E-state index contributed by atoms with van der Waals surface area (Å²) >= 11 is 9.26. The van der Waals surface area contributed by atoms with Crippen molar-refractivity contribution in [2.45, 2.75) is 6.42 Å². The van der Waals surface area contributed by atoms with Crippen LogP contribution in [-0.2, 0) is 9.59 Å². The Balaban J connectivity index is 1.80. The number of allylic oxidation sites excluding steroid dienone is 2. The number of amides is 1. The highest BCUT2D eigenvalue weighted by atomic mass is 79.9. The zero-order chi connectivity index (χ0) is 15.1. The molecule has 0 aromatic heterocycles. The van der Waals surface area contributed by atoms with E-state index in [2.05, 4.69) is 21.2 Å². The van der Waals surface area contributed by atoms with Gasteiger partial charge in [0.2, 0.25) is 5.91 Å². The summed E-state index contributed by atoms with van der Waals surface area (Å²) in [7, 11) is 0. The summed E-state index contributed by atoms with van der Waals surface area (Å²) in [6.07, 6.45) is 4.52. The number of carboxylic acids is 1.